The molecule has 0 aliphatic carbocycles. The molecule has 1 saturated heterocycles. The summed E-state index contributed by atoms with van der Waals surface area (Å²) < 4.78 is 0. The van der Waals surface area contributed by atoms with E-state index in [9.17, 15) is 9.59 Å². The lowest BCUT2D eigenvalue weighted by Gasteiger charge is -2.32. The van der Waals surface area contributed by atoms with Gasteiger partial charge in [-0.05, 0) is 26.4 Å². The molecule has 4 N–H and O–H groups in total. The molecular formula is C11H21N3O4. The number of aliphatic hydroxyl groups excluding tert-OH is 1. The molecule has 1 heterocycles. The van der Waals surface area contributed by atoms with Crippen LogP contribution in [0.25, 0.3) is 0 Å². The van der Waals surface area contributed by atoms with Crippen molar-refractivity contribution in [2.45, 2.75) is 31.3 Å². The molecule has 1 fully saturated rings. The highest BCUT2D eigenvalue weighted by molar-refractivity contribution is 5.82. The maximum absolute atomic E-state index is 11.5. The van der Waals surface area contributed by atoms with Gasteiger partial charge in [0, 0.05) is 12.6 Å². The van der Waals surface area contributed by atoms with Gasteiger partial charge in [-0.15, -0.1) is 0 Å². The Labute approximate surface area is 106 Å². The lowest BCUT2D eigenvalue weighted by atomic mass is 10.0. The number of likely N-dealkylation sites (tertiary alicyclic amines) is 1. The standard InChI is InChI=1S/C11H21N3O4/c1-14-5-3-2-4-8(14)6-12-11(18)13-9(7-15)10(16)17/h8-9,15H,2-7H2,1H3,(H,16,17)(H2,12,13,18)/t8?,9-/m0/s1. The van der Waals surface area contributed by atoms with Crippen LogP contribution in [0, 0.1) is 0 Å². The molecule has 1 aliphatic heterocycles. The Hall–Kier alpha value is -1.34. The molecule has 0 spiro atoms. The van der Waals surface area contributed by atoms with Crippen molar-refractivity contribution in [3.8, 4) is 0 Å². The summed E-state index contributed by atoms with van der Waals surface area (Å²) in [5.74, 6) is -1.25. The van der Waals surface area contributed by atoms with E-state index in [1.807, 2.05) is 7.05 Å². The number of hydrogen-bond acceptors (Lipinski definition) is 4. The molecule has 2 atom stereocenters. The normalized spacial score (nSPS) is 22.2. The molecule has 0 bridgehead atoms. The molecule has 0 saturated carbocycles. The number of carbonyl (C=O) groups excluding carboxylic acids is 1. The molecule has 2 amide bonds. The molecule has 1 unspecified atom stereocenters. The van der Waals surface area contributed by atoms with Gasteiger partial charge in [-0.1, -0.05) is 6.42 Å². The van der Waals surface area contributed by atoms with Gasteiger partial charge < -0.3 is 25.7 Å². The van der Waals surface area contributed by atoms with Gasteiger partial charge in [-0.2, -0.15) is 0 Å². The zero-order valence-corrected chi connectivity index (χ0v) is 10.6. The number of nitrogens with zero attached hydrogens (tertiary/aromatic N) is 1. The zero-order chi connectivity index (χ0) is 13.5. The maximum atomic E-state index is 11.5. The van der Waals surface area contributed by atoms with E-state index in [0.29, 0.717) is 12.6 Å². The number of aliphatic hydroxyl groups is 1. The molecule has 0 aromatic carbocycles. The minimum atomic E-state index is -1.26. The molecule has 0 aromatic heterocycles. The Morgan fingerprint density at radius 3 is 2.72 bits per heavy atom. The van der Waals surface area contributed by atoms with Crippen molar-refractivity contribution < 1.29 is 19.8 Å². The van der Waals surface area contributed by atoms with Crippen molar-refractivity contribution in [2.75, 3.05) is 26.7 Å². The predicted octanol–water partition coefficient (Wildman–Crippen LogP) is -0.785. The van der Waals surface area contributed by atoms with Crippen molar-refractivity contribution in [2.24, 2.45) is 0 Å². The summed E-state index contributed by atoms with van der Waals surface area (Å²) in [5, 5.41) is 22.3. The lowest BCUT2D eigenvalue weighted by Crippen LogP contribution is -2.51. The second-order valence-electron chi connectivity index (χ2n) is 4.56. The highest BCUT2D eigenvalue weighted by Gasteiger charge is 2.21. The summed E-state index contributed by atoms with van der Waals surface area (Å²) in [5.41, 5.74) is 0. The summed E-state index contributed by atoms with van der Waals surface area (Å²) in [7, 11) is 2.01. The molecule has 0 aromatic rings. The van der Waals surface area contributed by atoms with Crippen molar-refractivity contribution in [3.63, 3.8) is 0 Å². The van der Waals surface area contributed by atoms with E-state index in [0.717, 1.165) is 19.4 Å². The molecule has 104 valence electrons. The number of hydrogen-bond donors (Lipinski definition) is 4. The summed E-state index contributed by atoms with van der Waals surface area (Å²) in [6.45, 7) is 0.883. The van der Waals surface area contributed by atoms with E-state index >= 15 is 0 Å². The summed E-state index contributed by atoms with van der Waals surface area (Å²) in [6.07, 6.45) is 3.34. The first kappa shape index (κ1) is 14.7. The summed E-state index contributed by atoms with van der Waals surface area (Å²) in [6, 6.07) is -1.52. The van der Waals surface area contributed by atoms with Crippen molar-refractivity contribution in [1.29, 1.82) is 0 Å². The van der Waals surface area contributed by atoms with Crippen molar-refractivity contribution >= 4 is 12.0 Å². The van der Waals surface area contributed by atoms with E-state index in [-0.39, 0.29) is 0 Å². The first-order chi connectivity index (χ1) is 8.54. The molecular weight excluding hydrogens is 238 g/mol. The van der Waals surface area contributed by atoms with E-state index in [1.165, 1.54) is 6.42 Å². The second kappa shape index (κ2) is 7.17. The van der Waals surface area contributed by atoms with Crippen LogP contribution in [0.4, 0.5) is 4.79 Å². The minimum absolute atomic E-state index is 0.293. The number of likely N-dealkylation sites (N-methyl/N-ethyl adjacent to an activating group) is 1. The monoisotopic (exact) mass is 259 g/mol. The van der Waals surface area contributed by atoms with Crippen LogP contribution in [-0.2, 0) is 4.79 Å². The third kappa shape index (κ3) is 4.50. The van der Waals surface area contributed by atoms with Crippen LogP contribution < -0.4 is 10.6 Å². The Morgan fingerprint density at radius 1 is 1.44 bits per heavy atom. The van der Waals surface area contributed by atoms with Gasteiger partial charge in [0.2, 0.25) is 0 Å². The quantitative estimate of drug-likeness (QED) is 0.518. The Balaban J connectivity index is 2.29. The maximum Gasteiger partial charge on any atom is 0.328 e. The highest BCUT2D eigenvalue weighted by Crippen LogP contribution is 2.13. The molecule has 0 radical (unpaired) electrons. The fraction of sp³-hybridized carbons (Fsp3) is 0.818. The van der Waals surface area contributed by atoms with Crippen molar-refractivity contribution in [3.05, 3.63) is 0 Å². The molecule has 1 aliphatic rings. The number of carboxylic acids is 1. The fourth-order valence-electron chi connectivity index (χ4n) is 2.01. The number of aliphatic carboxylic acids is 1. The molecule has 18 heavy (non-hydrogen) atoms. The highest BCUT2D eigenvalue weighted by atomic mass is 16.4. The third-order valence-corrected chi connectivity index (χ3v) is 3.21. The molecule has 7 heteroatoms. The van der Waals surface area contributed by atoms with Crippen LogP contribution in [0.15, 0.2) is 0 Å². The van der Waals surface area contributed by atoms with E-state index in [1.54, 1.807) is 0 Å². The smallest absolute Gasteiger partial charge is 0.328 e. The van der Waals surface area contributed by atoms with Gasteiger partial charge in [-0.25, -0.2) is 9.59 Å². The molecule has 7 nitrogen and oxygen atoms in total. The number of rotatable bonds is 5. The number of piperidine rings is 1. The van der Waals surface area contributed by atoms with Crippen LogP contribution in [0.3, 0.4) is 0 Å². The lowest BCUT2D eigenvalue weighted by molar-refractivity contribution is -0.140. The van der Waals surface area contributed by atoms with E-state index in [4.69, 9.17) is 10.2 Å². The number of carbonyl (C=O) groups is 2. The Morgan fingerprint density at radius 2 is 2.17 bits per heavy atom. The van der Waals surface area contributed by atoms with Gasteiger partial charge in [0.15, 0.2) is 6.04 Å². The number of nitrogens with one attached hydrogen (secondary N) is 2. The number of urea groups is 1. The van der Waals surface area contributed by atoms with Crippen LogP contribution in [0.5, 0.6) is 0 Å². The van der Waals surface area contributed by atoms with Crippen LogP contribution in [0.1, 0.15) is 19.3 Å². The van der Waals surface area contributed by atoms with Gasteiger partial charge in [-0.3, -0.25) is 0 Å². The van der Waals surface area contributed by atoms with Gasteiger partial charge >= 0.3 is 12.0 Å². The Bertz CT molecular complexity index is 298. The fourth-order valence-corrected chi connectivity index (χ4v) is 2.01. The topological polar surface area (TPSA) is 102 Å². The van der Waals surface area contributed by atoms with Gasteiger partial charge in [0.25, 0.3) is 0 Å². The average Bonchev–Trinajstić information content (AvgIpc) is 2.34. The third-order valence-electron chi connectivity index (χ3n) is 3.21. The first-order valence-corrected chi connectivity index (χ1v) is 6.13. The van der Waals surface area contributed by atoms with Gasteiger partial charge in [0.1, 0.15) is 0 Å². The predicted molar refractivity (Wildman–Crippen MR) is 65.3 cm³/mol. The Kier molecular flexibility index (Phi) is 5.87. The summed E-state index contributed by atoms with van der Waals surface area (Å²) in [4.78, 5) is 24.2. The van der Waals surface area contributed by atoms with Crippen LogP contribution in [0.2, 0.25) is 0 Å². The first-order valence-electron chi connectivity index (χ1n) is 6.13. The van der Waals surface area contributed by atoms with E-state index in [2.05, 4.69) is 15.5 Å². The SMILES string of the molecule is CN1CCCCC1CNC(=O)N[C@@H](CO)C(=O)O. The van der Waals surface area contributed by atoms with Crippen molar-refractivity contribution in [1.82, 2.24) is 15.5 Å². The largest absolute Gasteiger partial charge is 0.480 e. The number of amides is 2. The minimum Gasteiger partial charge on any atom is -0.480 e. The zero-order valence-electron chi connectivity index (χ0n) is 10.6. The second-order valence-corrected chi connectivity index (χ2v) is 4.56. The molecule has 1 rings (SSSR count). The number of carboxylic acid groups (broad SMARTS) is 1. The van der Waals surface area contributed by atoms with Crippen LogP contribution >= 0.6 is 0 Å². The average molecular weight is 259 g/mol. The van der Waals surface area contributed by atoms with Crippen LogP contribution in [-0.4, -0.2) is 65.9 Å². The summed E-state index contributed by atoms with van der Waals surface area (Å²) >= 11 is 0. The van der Waals surface area contributed by atoms with E-state index < -0.39 is 24.6 Å². The van der Waals surface area contributed by atoms with Gasteiger partial charge in [0.05, 0.1) is 6.61 Å².